The van der Waals surface area contributed by atoms with E-state index in [4.69, 9.17) is 0 Å². The zero-order valence-corrected chi connectivity index (χ0v) is 13.1. The van der Waals surface area contributed by atoms with Crippen molar-refractivity contribution in [2.45, 2.75) is 39.3 Å². The summed E-state index contributed by atoms with van der Waals surface area (Å²) in [6.07, 6.45) is 1.76. The molecule has 4 nitrogen and oxygen atoms in total. The van der Waals surface area contributed by atoms with Gasteiger partial charge in [-0.25, -0.2) is 0 Å². The summed E-state index contributed by atoms with van der Waals surface area (Å²) >= 11 is 0. The summed E-state index contributed by atoms with van der Waals surface area (Å²) in [5, 5.41) is 3.37. The van der Waals surface area contributed by atoms with Gasteiger partial charge >= 0.3 is 0 Å². The number of carbonyl (C=O) groups excluding carboxylic acids is 1. The Kier molecular flexibility index (Phi) is 4.15. The predicted molar refractivity (Wildman–Crippen MR) is 85.5 cm³/mol. The van der Waals surface area contributed by atoms with Gasteiger partial charge < -0.3 is 15.1 Å². The van der Waals surface area contributed by atoms with E-state index < -0.39 is 0 Å². The number of hydrogen-bond acceptors (Lipinski definition) is 3. The number of carbonyl (C=O) groups is 1. The number of benzene rings is 1. The summed E-state index contributed by atoms with van der Waals surface area (Å²) in [7, 11) is 0. The fraction of sp³-hybridized carbons (Fsp3) is 0.588. The lowest BCUT2D eigenvalue weighted by Crippen LogP contribution is -2.51. The van der Waals surface area contributed by atoms with Crippen LogP contribution < -0.4 is 10.2 Å². The highest BCUT2D eigenvalue weighted by molar-refractivity contribution is 5.79. The Hall–Kier alpha value is -1.55. The molecule has 1 unspecified atom stereocenters. The number of piperazine rings is 1. The van der Waals surface area contributed by atoms with E-state index >= 15 is 0 Å². The van der Waals surface area contributed by atoms with E-state index in [1.807, 2.05) is 0 Å². The molecule has 3 rings (SSSR count). The van der Waals surface area contributed by atoms with Gasteiger partial charge in [0, 0.05) is 44.3 Å². The number of nitrogens with one attached hydrogen (secondary N) is 1. The van der Waals surface area contributed by atoms with Crippen LogP contribution in [-0.4, -0.2) is 43.0 Å². The zero-order chi connectivity index (χ0) is 14.8. The van der Waals surface area contributed by atoms with E-state index in [1.54, 1.807) is 0 Å². The Morgan fingerprint density at radius 1 is 1.33 bits per heavy atom. The number of fused-ring (bicyclic) bond motifs is 1. The van der Waals surface area contributed by atoms with E-state index in [2.05, 4.69) is 47.2 Å². The van der Waals surface area contributed by atoms with Crippen LogP contribution in [0.5, 0.6) is 0 Å². The molecule has 0 bridgehead atoms. The minimum Gasteiger partial charge on any atom is -0.367 e. The van der Waals surface area contributed by atoms with Gasteiger partial charge in [0.2, 0.25) is 5.91 Å². The van der Waals surface area contributed by atoms with Crippen LogP contribution in [0.3, 0.4) is 0 Å². The molecule has 2 aliphatic rings. The third kappa shape index (κ3) is 2.91. The van der Waals surface area contributed by atoms with Crippen molar-refractivity contribution in [3.63, 3.8) is 0 Å². The topological polar surface area (TPSA) is 35.6 Å². The lowest BCUT2D eigenvalue weighted by atomic mass is 10.1. The molecule has 1 amide bonds. The number of amides is 1. The van der Waals surface area contributed by atoms with Gasteiger partial charge in [-0.3, -0.25) is 4.79 Å². The highest BCUT2D eigenvalue weighted by atomic mass is 16.2. The average molecular weight is 287 g/mol. The molecule has 2 saturated heterocycles. The molecule has 1 atom stereocenters. The highest BCUT2D eigenvalue weighted by Crippen LogP contribution is 2.28. The number of hydrogen-bond donors (Lipinski definition) is 1. The van der Waals surface area contributed by atoms with E-state index in [-0.39, 0.29) is 0 Å². The minimum absolute atomic E-state index is 0.345. The summed E-state index contributed by atoms with van der Waals surface area (Å²) in [5.41, 5.74) is 4.00. The van der Waals surface area contributed by atoms with Crippen LogP contribution in [0.1, 0.15) is 30.9 Å². The Labute approximate surface area is 127 Å². The van der Waals surface area contributed by atoms with Crippen LogP contribution in [0.4, 0.5) is 5.69 Å². The van der Waals surface area contributed by atoms with Gasteiger partial charge in [-0.1, -0.05) is 19.1 Å². The van der Waals surface area contributed by atoms with Gasteiger partial charge in [0.1, 0.15) is 0 Å². The summed E-state index contributed by atoms with van der Waals surface area (Å²) in [4.78, 5) is 16.3. The normalized spacial score (nSPS) is 21.8. The van der Waals surface area contributed by atoms with Crippen LogP contribution in [0.2, 0.25) is 0 Å². The molecule has 1 N–H and O–H groups in total. The molecule has 1 aromatic carbocycles. The zero-order valence-electron chi connectivity index (χ0n) is 13.1. The van der Waals surface area contributed by atoms with Crippen molar-refractivity contribution in [1.29, 1.82) is 0 Å². The van der Waals surface area contributed by atoms with Gasteiger partial charge in [0.15, 0.2) is 0 Å². The Balaban J connectivity index is 1.71. The average Bonchev–Trinajstić information content (AvgIpc) is 2.86. The summed E-state index contributed by atoms with van der Waals surface area (Å²) < 4.78 is 0. The van der Waals surface area contributed by atoms with Crippen LogP contribution in [0.15, 0.2) is 18.2 Å². The first-order valence-electron chi connectivity index (χ1n) is 8.03. The summed E-state index contributed by atoms with van der Waals surface area (Å²) in [5.74, 6) is 0.345. The molecular formula is C17H25N3O. The second-order valence-corrected chi connectivity index (χ2v) is 6.13. The van der Waals surface area contributed by atoms with Gasteiger partial charge in [-0.2, -0.15) is 0 Å². The first-order valence-corrected chi connectivity index (χ1v) is 8.03. The van der Waals surface area contributed by atoms with Crippen molar-refractivity contribution < 1.29 is 4.79 Å². The Morgan fingerprint density at radius 2 is 2.19 bits per heavy atom. The monoisotopic (exact) mass is 287 g/mol. The molecule has 2 fully saturated rings. The van der Waals surface area contributed by atoms with Gasteiger partial charge in [-0.15, -0.1) is 0 Å². The van der Waals surface area contributed by atoms with Crippen LogP contribution >= 0.6 is 0 Å². The molecule has 0 aliphatic carbocycles. The van der Waals surface area contributed by atoms with Crippen molar-refractivity contribution in [1.82, 2.24) is 10.2 Å². The van der Waals surface area contributed by atoms with Crippen LogP contribution in [-0.2, 0) is 11.3 Å². The Morgan fingerprint density at radius 3 is 2.95 bits per heavy atom. The fourth-order valence-corrected chi connectivity index (χ4v) is 3.53. The minimum atomic E-state index is 0.345. The highest BCUT2D eigenvalue weighted by Gasteiger charge is 2.35. The van der Waals surface area contributed by atoms with Gasteiger partial charge in [0.05, 0.1) is 0 Å². The molecule has 0 aromatic heterocycles. The molecule has 0 radical (unpaired) electrons. The summed E-state index contributed by atoms with van der Waals surface area (Å²) in [6, 6.07) is 7.17. The van der Waals surface area contributed by atoms with Crippen LogP contribution in [0, 0.1) is 6.92 Å². The quantitative estimate of drug-likeness (QED) is 0.919. The number of aryl methyl sites for hydroxylation is 1. The maximum atomic E-state index is 11.8. The smallest absolute Gasteiger partial charge is 0.223 e. The van der Waals surface area contributed by atoms with E-state index in [1.165, 1.54) is 16.8 Å². The van der Waals surface area contributed by atoms with Crippen molar-refractivity contribution >= 4 is 11.6 Å². The molecule has 1 aromatic rings. The summed E-state index contributed by atoms with van der Waals surface area (Å²) in [6.45, 7) is 9.07. The predicted octanol–water partition coefficient (Wildman–Crippen LogP) is 1.92. The maximum Gasteiger partial charge on any atom is 0.223 e. The van der Waals surface area contributed by atoms with Gasteiger partial charge in [0.25, 0.3) is 0 Å². The van der Waals surface area contributed by atoms with Crippen molar-refractivity contribution in [2.24, 2.45) is 0 Å². The first-order chi connectivity index (χ1) is 10.2. The van der Waals surface area contributed by atoms with Crippen LogP contribution in [0.25, 0.3) is 0 Å². The molecule has 114 valence electrons. The first kappa shape index (κ1) is 14.4. The molecule has 21 heavy (non-hydrogen) atoms. The number of nitrogens with zero attached hydrogens (tertiary/aromatic N) is 2. The van der Waals surface area contributed by atoms with Crippen molar-refractivity contribution in [2.75, 3.05) is 31.1 Å². The van der Waals surface area contributed by atoms with Crippen molar-refractivity contribution in [3.8, 4) is 0 Å². The lowest BCUT2D eigenvalue weighted by Gasteiger charge is -2.39. The standard InChI is InChI=1S/C17H25N3O/c1-3-18-11-14-4-6-16(13(2)10-14)19-8-9-20-15(12-19)5-7-17(20)21/h4,6,10,15,18H,3,5,7-9,11-12H2,1-2H3. The molecule has 0 spiro atoms. The lowest BCUT2D eigenvalue weighted by molar-refractivity contribution is -0.129. The Bertz CT molecular complexity index is 529. The second-order valence-electron chi connectivity index (χ2n) is 6.13. The third-order valence-corrected chi connectivity index (χ3v) is 4.68. The maximum absolute atomic E-state index is 11.8. The fourth-order valence-electron chi connectivity index (χ4n) is 3.53. The van der Waals surface area contributed by atoms with E-state index in [0.717, 1.165) is 45.6 Å². The third-order valence-electron chi connectivity index (χ3n) is 4.68. The number of anilines is 1. The van der Waals surface area contributed by atoms with Crippen molar-refractivity contribution in [3.05, 3.63) is 29.3 Å². The largest absolute Gasteiger partial charge is 0.367 e. The van der Waals surface area contributed by atoms with E-state index in [9.17, 15) is 4.79 Å². The second kappa shape index (κ2) is 6.06. The molecule has 2 aliphatic heterocycles. The molecule has 4 heteroatoms. The molecular weight excluding hydrogens is 262 g/mol. The molecule has 0 saturated carbocycles. The van der Waals surface area contributed by atoms with Gasteiger partial charge in [-0.05, 0) is 37.1 Å². The van der Waals surface area contributed by atoms with E-state index in [0.29, 0.717) is 11.9 Å². The molecule has 2 heterocycles. The SMILES string of the molecule is CCNCc1ccc(N2CCN3C(=O)CCC3C2)c(C)c1. The number of rotatable bonds is 4.